The molecule has 0 atom stereocenters. The zero-order valence-corrected chi connectivity index (χ0v) is 12.2. The van der Waals surface area contributed by atoms with Crippen molar-refractivity contribution in [1.29, 1.82) is 0 Å². The van der Waals surface area contributed by atoms with Crippen molar-refractivity contribution in [3.63, 3.8) is 0 Å². The summed E-state index contributed by atoms with van der Waals surface area (Å²) in [5.41, 5.74) is 3.65. The molecule has 106 valence electrons. The minimum absolute atomic E-state index is 0.170. The van der Waals surface area contributed by atoms with Gasteiger partial charge in [0, 0.05) is 35.3 Å². The zero-order valence-electron chi connectivity index (χ0n) is 12.2. The number of halogens is 1. The quantitative estimate of drug-likeness (QED) is 0.870. The van der Waals surface area contributed by atoms with Crippen LogP contribution in [0.4, 0.5) is 10.1 Å². The number of nitrogens with zero attached hydrogens (tertiary/aromatic N) is 1. The summed E-state index contributed by atoms with van der Waals surface area (Å²) in [7, 11) is 0. The van der Waals surface area contributed by atoms with E-state index in [4.69, 9.17) is 4.98 Å². The highest BCUT2D eigenvalue weighted by Crippen LogP contribution is 2.36. The van der Waals surface area contributed by atoms with E-state index in [1.54, 1.807) is 13.0 Å². The summed E-state index contributed by atoms with van der Waals surface area (Å²) in [5.74, 6) is 0.372. The first-order valence-electron chi connectivity index (χ1n) is 7.53. The molecule has 0 radical (unpaired) electrons. The molecule has 1 aromatic carbocycles. The number of benzene rings is 1. The van der Waals surface area contributed by atoms with Crippen LogP contribution in [0.15, 0.2) is 18.2 Å². The summed E-state index contributed by atoms with van der Waals surface area (Å²) in [4.78, 5) is 4.72. The van der Waals surface area contributed by atoms with E-state index in [-0.39, 0.29) is 5.82 Å². The van der Waals surface area contributed by atoms with Gasteiger partial charge >= 0.3 is 0 Å². The lowest BCUT2D eigenvalue weighted by Crippen LogP contribution is -2.03. The van der Waals surface area contributed by atoms with Gasteiger partial charge in [-0.3, -0.25) is 4.98 Å². The molecular weight excluding hydrogens is 251 g/mol. The first-order chi connectivity index (χ1) is 9.69. The third-order valence-electron chi connectivity index (χ3n) is 4.25. The van der Waals surface area contributed by atoms with Crippen molar-refractivity contribution in [2.45, 2.75) is 45.4 Å². The molecule has 1 N–H and O–H groups in total. The molecule has 1 heterocycles. The topological polar surface area (TPSA) is 24.9 Å². The van der Waals surface area contributed by atoms with E-state index >= 15 is 0 Å². The second-order valence-electron chi connectivity index (χ2n) is 5.72. The van der Waals surface area contributed by atoms with Gasteiger partial charge in [0.2, 0.25) is 0 Å². The number of hydrogen-bond acceptors (Lipinski definition) is 2. The Labute approximate surface area is 119 Å². The van der Waals surface area contributed by atoms with Gasteiger partial charge in [0.1, 0.15) is 5.82 Å². The van der Waals surface area contributed by atoms with Crippen molar-refractivity contribution in [2.24, 2.45) is 0 Å². The van der Waals surface area contributed by atoms with E-state index < -0.39 is 0 Å². The molecule has 2 aromatic rings. The van der Waals surface area contributed by atoms with Crippen LogP contribution in [0.3, 0.4) is 0 Å². The van der Waals surface area contributed by atoms with Crippen molar-refractivity contribution in [2.75, 3.05) is 11.9 Å². The van der Waals surface area contributed by atoms with Gasteiger partial charge < -0.3 is 5.32 Å². The molecule has 0 amide bonds. The number of anilines is 1. The second kappa shape index (κ2) is 5.39. The third-order valence-corrected chi connectivity index (χ3v) is 4.25. The Morgan fingerprint density at radius 2 is 2.00 bits per heavy atom. The molecule has 0 bridgehead atoms. The van der Waals surface area contributed by atoms with E-state index in [1.807, 2.05) is 6.07 Å². The fourth-order valence-electron chi connectivity index (χ4n) is 3.14. The van der Waals surface area contributed by atoms with Crippen LogP contribution in [0.25, 0.3) is 10.9 Å². The number of nitrogens with one attached hydrogen (secondary N) is 1. The van der Waals surface area contributed by atoms with E-state index in [9.17, 15) is 4.39 Å². The van der Waals surface area contributed by atoms with Crippen molar-refractivity contribution >= 4 is 16.6 Å². The maximum atomic E-state index is 13.8. The number of fused-ring (bicyclic) bond motifs is 1. The predicted octanol–water partition coefficient (Wildman–Crippen LogP) is 4.77. The number of aromatic nitrogens is 1. The molecule has 3 heteroatoms. The lowest BCUT2D eigenvalue weighted by atomic mass is 10.0. The molecule has 1 fully saturated rings. The molecule has 2 nitrogen and oxygen atoms in total. The SMILES string of the molecule is CCNc1cc(C2CCCC2)nc2cc(F)c(C)cc12. The third kappa shape index (κ3) is 2.37. The number of rotatable bonds is 3. The Balaban J connectivity index is 2.16. The van der Waals surface area contributed by atoms with Crippen LogP contribution in [0.1, 0.15) is 49.8 Å². The summed E-state index contributed by atoms with van der Waals surface area (Å²) in [6, 6.07) is 5.64. The number of hydrogen-bond donors (Lipinski definition) is 1. The highest BCUT2D eigenvalue weighted by molar-refractivity contribution is 5.92. The standard InChI is InChI=1S/C17H21FN2/c1-3-19-16-10-15(12-6-4-5-7-12)20-17-9-14(18)11(2)8-13(16)17/h8-10,12H,3-7H2,1-2H3,(H,19,20). The Bertz CT molecular complexity index is 630. The van der Waals surface area contributed by atoms with Crippen molar-refractivity contribution in [3.05, 3.63) is 35.3 Å². The van der Waals surface area contributed by atoms with Gasteiger partial charge in [-0.25, -0.2) is 4.39 Å². The largest absolute Gasteiger partial charge is 0.385 e. The Morgan fingerprint density at radius 1 is 1.25 bits per heavy atom. The summed E-state index contributed by atoms with van der Waals surface area (Å²) in [6.45, 7) is 4.74. The Morgan fingerprint density at radius 3 is 2.70 bits per heavy atom. The van der Waals surface area contributed by atoms with Crippen LogP contribution in [-0.2, 0) is 0 Å². The lowest BCUT2D eigenvalue weighted by Gasteiger charge is -2.15. The summed E-state index contributed by atoms with van der Waals surface area (Å²) < 4.78 is 13.8. The molecular formula is C17H21FN2. The molecule has 3 rings (SSSR count). The molecule has 20 heavy (non-hydrogen) atoms. The molecule has 1 aromatic heterocycles. The van der Waals surface area contributed by atoms with Crippen molar-refractivity contribution < 1.29 is 4.39 Å². The zero-order chi connectivity index (χ0) is 14.1. The monoisotopic (exact) mass is 272 g/mol. The molecule has 1 aliphatic rings. The minimum atomic E-state index is -0.170. The predicted molar refractivity (Wildman–Crippen MR) is 81.8 cm³/mol. The lowest BCUT2D eigenvalue weighted by molar-refractivity contribution is 0.620. The van der Waals surface area contributed by atoms with Gasteiger partial charge in [-0.05, 0) is 44.4 Å². The molecule has 1 aliphatic carbocycles. The van der Waals surface area contributed by atoms with Crippen LogP contribution >= 0.6 is 0 Å². The van der Waals surface area contributed by atoms with Gasteiger partial charge in [-0.15, -0.1) is 0 Å². The van der Waals surface area contributed by atoms with Crippen LogP contribution in [0, 0.1) is 12.7 Å². The summed E-state index contributed by atoms with van der Waals surface area (Å²) >= 11 is 0. The maximum absolute atomic E-state index is 13.8. The summed E-state index contributed by atoms with van der Waals surface area (Å²) in [5, 5.41) is 4.42. The van der Waals surface area contributed by atoms with Crippen molar-refractivity contribution in [3.8, 4) is 0 Å². The van der Waals surface area contributed by atoms with Gasteiger partial charge in [-0.2, -0.15) is 0 Å². The van der Waals surface area contributed by atoms with E-state index in [0.29, 0.717) is 11.5 Å². The fraction of sp³-hybridized carbons (Fsp3) is 0.471. The molecule has 0 unspecified atom stereocenters. The normalized spacial score (nSPS) is 15.9. The van der Waals surface area contributed by atoms with Gasteiger partial charge in [0.25, 0.3) is 0 Å². The van der Waals surface area contributed by atoms with Gasteiger partial charge in [-0.1, -0.05) is 12.8 Å². The first kappa shape index (κ1) is 13.3. The van der Waals surface area contributed by atoms with Crippen molar-refractivity contribution in [1.82, 2.24) is 4.98 Å². The molecule has 0 spiro atoms. The average molecular weight is 272 g/mol. The van der Waals surface area contributed by atoms with Crippen LogP contribution < -0.4 is 5.32 Å². The van der Waals surface area contributed by atoms with E-state index in [1.165, 1.54) is 25.7 Å². The highest BCUT2D eigenvalue weighted by Gasteiger charge is 2.20. The van der Waals surface area contributed by atoms with Crippen LogP contribution in [0.5, 0.6) is 0 Å². The average Bonchev–Trinajstić information content (AvgIpc) is 2.95. The number of pyridine rings is 1. The van der Waals surface area contributed by atoms with Gasteiger partial charge in [0.15, 0.2) is 0 Å². The second-order valence-corrected chi connectivity index (χ2v) is 5.72. The van der Waals surface area contributed by atoms with Gasteiger partial charge in [0.05, 0.1) is 5.52 Å². The smallest absolute Gasteiger partial charge is 0.128 e. The van der Waals surface area contributed by atoms with Crippen LogP contribution in [-0.4, -0.2) is 11.5 Å². The van der Waals surface area contributed by atoms with Crippen LogP contribution in [0.2, 0.25) is 0 Å². The molecule has 1 saturated carbocycles. The van der Waals surface area contributed by atoms with E-state index in [2.05, 4.69) is 18.3 Å². The molecule has 0 saturated heterocycles. The first-order valence-corrected chi connectivity index (χ1v) is 7.53. The Kier molecular flexibility index (Phi) is 3.60. The number of aryl methyl sites for hydroxylation is 1. The fourth-order valence-corrected chi connectivity index (χ4v) is 3.14. The summed E-state index contributed by atoms with van der Waals surface area (Å²) in [6.07, 6.45) is 4.98. The highest BCUT2D eigenvalue weighted by atomic mass is 19.1. The van der Waals surface area contributed by atoms with E-state index in [0.717, 1.165) is 28.8 Å². The molecule has 0 aliphatic heterocycles. The Hall–Kier alpha value is -1.64. The maximum Gasteiger partial charge on any atom is 0.128 e. The minimum Gasteiger partial charge on any atom is -0.385 e.